The van der Waals surface area contributed by atoms with Crippen molar-refractivity contribution in [3.05, 3.63) is 48.0 Å². The van der Waals surface area contributed by atoms with Crippen molar-refractivity contribution in [2.24, 2.45) is 17.6 Å². The molecule has 4 N–H and O–H groups in total. The Morgan fingerprint density at radius 1 is 0.891 bits per heavy atom. The molecule has 1 heterocycles. The van der Waals surface area contributed by atoms with Crippen LogP contribution in [0.3, 0.4) is 0 Å². The van der Waals surface area contributed by atoms with Crippen LogP contribution >= 0.6 is 0 Å². The van der Waals surface area contributed by atoms with Crippen LogP contribution in [0.15, 0.2) is 42.5 Å². The minimum atomic E-state index is -0.701. The number of benzene rings is 2. The number of likely N-dealkylation sites (tertiary alicyclic amines) is 1. The Morgan fingerprint density at radius 2 is 1.51 bits per heavy atom. The number of methoxy groups -OCH3 is 2. The van der Waals surface area contributed by atoms with Crippen LogP contribution in [0.1, 0.15) is 84.0 Å². The summed E-state index contributed by atoms with van der Waals surface area (Å²) in [7, 11) is 8.33. The first-order valence-electron chi connectivity index (χ1n) is 19.7. The second-order valence-corrected chi connectivity index (χ2v) is 15.2. The topological polar surface area (TPSA) is 164 Å². The van der Waals surface area contributed by atoms with Gasteiger partial charge in [-0.25, -0.2) is 0 Å². The zero-order valence-corrected chi connectivity index (χ0v) is 35.1. The number of carbonyl (C=O) groups excluding carboxylic acids is 5. The molecule has 1 aliphatic rings. The number of carbonyl (C=O) groups is 5. The Bertz CT molecular complexity index is 1540. The molecular formula is C42H68N6O7. The quantitative estimate of drug-likeness (QED) is 0.180. The molecule has 0 aromatic heterocycles. The molecule has 1 aliphatic heterocycles. The monoisotopic (exact) mass is 769 g/mol. The van der Waals surface area contributed by atoms with Crippen LogP contribution < -0.4 is 16.4 Å². The van der Waals surface area contributed by atoms with E-state index in [0.29, 0.717) is 18.4 Å². The largest absolute Gasteiger partial charge is 0.379 e. The molecule has 0 spiro atoms. The van der Waals surface area contributed by atoms with Crippen LogP contribution in [0.25, 0.3) is 10.8 Å². The SMILES string of the molecule is CCC.CCC[C@@H](C(CC(=O)N1CC(N)CC1C(OC)C(C)C(=O)NCC(=O)c1ccc2ccccc2c1)OC)N(C)C(=O)CNC(=O)C(C(C)C)N(C)C. The molecule has 2 aromatic rings. The van der Waals surface area contributed by atoms with Crippen LogP contribution in [0.5, 0.6) is 0 Å². The molecule has 0 saturated carbocycles. The highest BCUT2D eigenvalue weighted by Gasteiger charge is 2.43. The summed E-state index contributed by atoms with van der Waals surface area (Å²) in [6.07, 6.45) is 1.64. The highest BCUT2D eigenvalue weighted by atomic mass is 16.5. The summed E-state index contributed by atoms with van der Waals surface area (Å²) in [4.78, 5) is 71.6. The van der Waals surface area contributed by atoms with Gasteiger partial charge in [-0.2, -0.15) is 0 Å². The van der Waals surface area contributed by atoms with Gasteiger partial charge in [0.2, 0.25) is 23.6 Å². The number of ether oxygens (including phenoxy) is 2. The number of likely N-dealkylation sites (N-methyl/N-ethyl adjacent to an activating group) is 2. The molecule has 55 heavy (non-hydrogen) atoms. The van der Waals surface area contributed by atoms with Gasteiger partial charge in [0.15, 0.2) is 5.78 Å². The van der Waals surface area contributed by atoms with Crippen molar-refractivity contribution in [2.75, 3.05) is 55.0 Å². The van der Waals surface area contributed by atoms with Gasteiger partial charge in [-0.1, -0.05) is 90.8 Å². The number of amides is 4. The van der Waals surface area contributed by atoms with Gasteiger partial charge in [-0.3, -0.25) is 28.9 Å². The van der Waals surface area contributed by atoms with E-state index in [0.717, 1.165) is 17.2 Å². The fourth-order valence-electron chi connectivity index (χ4n) is 7.44. The molecule has 308 valence electrons. The predicted octanol–water partition coefficient (Wildman–Crippen LogP) is 3.87. The molecule has 7 atom stereocenters. The number of nitrogens with one attached hydrogen (secondary N) is 2. The Morgan fingerprint density at radius 3 is 2.07 bits per heavy atom. The molecule has 2 aromatic carbocycles. The molecule has 3 rings (SSSR count). The summed E-state index contributed by atoms with van der Waals surface area (Å²) in [6.45, 7) is 11.8. The first-order chi connectivity index (χ1) is 26.1. The number of hydrogen-bond donors (Lipinski definition) is 3. The fraction of sp³-hybridized carbons (Fsp3) is 0.643. The van der Waals surface area contributed by atoms with Crippen molar-refractivity contribution < 1.29 is 33.4 Å². The van der Waals surface area contributed by atoms with Crippen molar-refractivity contribution in [2.45, 2.75) is 110 Å². The summed E-state index contributed by atoms with van der Waals surface area (Å²) in [5, 5.41) is 7.50. The average molecular weight is 769 g/mol. The number of fused-ring (bicyclic) bond motifs is 1. The standard InChI is InChI=1S/C39H60N6O7.C3H8/c1-10-13-30(44(7)35(48)22-42-39(50)36(24(2)3)43(5)6)33(51-8)20-34(47)45-23-29(40)19-31(45)37(52-9)25(4)38(49)41-21-32(46)28-17-16-26-14-11-12-15-27(26)18-28;1-3-2/h11-12,14-18,24-25,29-31,33,36-37H,10,13,19-23,40H2,1-9H3,(H,41,49)(H,42,50);3H2,1-2H3/t25?,29?,30-,31?,33?,36?,37?;/m0./s1. The van der Waals surface area contributed by atoms with E-state index in [1.807, 2.05) is 76.2 Å². The number of nitrogens with two attached hydrogens (primary N) is 1. The van der Waals surface area contributed by atoms with E-state index in [-0.39, 0.29) is 73.5 Å². The predicted molar refractivity (Wildman–Crippen MR) is 218 cm³/mol. The first-order valence-corrected chi connectivity index (χ1v) is 19.7. The van der Waals surface area contributed by atoms with E-state index in [9.17, 15) is 24.0 Å². The second kappa shape index (κ2) is 23.2. The van der Waals surface area contributed by atoms with Crippen LogP contribution in [0.2, 0.25) is 0 Å². The van der Waals surface area contributed by atoms with Gasteiger partial charge in [-0.05, 0) is 49.7 Å². The maximum atomic E-state index is 14.0. The molecule has 4 amide bonds. The van der Waals surface area contributed by atoms with Crippen LogP contribution in [0, 0.1) is 11.8 Å². The molecule has 1 saturated heterocycles. The van der Waals surface area contributed by atoms with Crippen LogP contribution in [-0.4, -0.2) is 135 Å². The van der Waals surface area contributed by atoms with Gasteiger partial charge in [0.25, 0.3) is 0 Å². The van der Waals surface area contributed by atoms with E-state index >= 15 is 0 Å². The van der Waals surface area contributed by atoms with Gasteiger partial charge < -0.3 is 35.6 Å². The minimum absolute atomic E-state index is 0.0261. The second-order valence-electron chi connectivity index (χ2n) is 15.2. The normalized spacial score (nSPS) is 18.2. The maximum Gasteiger partial charge on any atom is 0.242 e. The number of rotatable bonds is 19. The van der Waals surface area contributed by atoms with Crippen molar-refractivity contribution in [3.63, 3.8) is 0 Å². The Hall–Kier alpha value is -3.91. The summed E-state index contributed by atoms with van der Waals surface area (Å²) >= 11 is 0. The lowest BCUT2D eigenvalue weighted by atomic mass is 9.93. The molecule has 13 nitrogen and oxygen atoms in total. The van der Waals surface area contributed by atoms with E-state index in [2.05, 4.69) is 24.5 Å². The van der Waals surface area contributed by atoms with Crippen LogP contribution in [0.4, 0.5) is 0 Å². The van der Waals surface area contributed by atoms with Gasteiger partial charge in [0.05, 0.1) is 55.8 Å². The van der Waals surface area contributed by atoms with Gasteiger partial charge in [0, 0.05) is 39.4 Å². The molecule has 6 unspecified atom stereocenters. The summed E-state index contributed by atoms with van der Waals surface area (Å²) in [6, 6.07) is 11.6. The summed E-state index contributed by atoms with van der Waals surface area (Å²) in [5.41, 5.74) is 6.89. The summed E-state index contributed by atoms with van der Waals surface area (Å²) in [5.74, 6) is -1.98. The zero-order chi connectivity index (χ0) is 41.4. The van der Waals surface area contributed by atoms with E-state index in [4.69, 9.17) is 15.2 Å². The third-order valence-corrected chi connectivity index (χ3v) is 10.2. The highest BCUT2D eigenvalue weighted by Crippen LogP contribution is 2.28. The molecular weight excluding hydrogens is 700 g/mol. The lowest BCUT2D eigenvalue weighted by molar-refractivity contribution is -0.144. The average Bonchev–Trinajstić information content (AvgIpc) is 3.54. The Kier molecular flexibility index (Phi) is 20.0. The maximum absolute atomic E-state index is 14.0. The first kappa shape index (κ1) is 47.2. The van der Waals surface area contributed by atoms with Gasteiger partial charge in [-0.15, -0.1) is 0 Å². The highest BCUT2D eigenvalue weighted by molar-refractivity contribution is 6.02. The molecule has 0 bridgehead atoms. The van der Waals surface area contributed by atoms with E-state index < -0.39 is 30.2 Å². The van der Waals surface area contributed by atoms with Gasteiger partial charge in [0.1, 0.15) is 0 Å². The van der Waals surface area contributed by atoms with Crippen LogP contribution in [-0.2, 0) is 28.7 Å². The molecule has 13 heteroatoms. The van der Waals surface area contributed by atoms with Crippen molar-refractivity contribution in [3.8, 4) is 0 Å². The molecule has 0 aliphatic carbocycles. The number of hydrogen-bond acceptors (Lipinski definition) is 9. The molecule has 1 fully saturated rings. The number of Topliss-reactive ketones (excluding diaryl/α,β-unsaturated/α-hetero) is 1. The van der Waals surface area contributed by atoms with Crippen molar-refractivity contribution in [1.82, 2.24) is 25.3 Å². The Balaban J connectivity index is 0.00000337. The lowest BCUT2D eigenvalue weighted by Gasteiger charge is -2.37. The fourth-order valence-corrected chi connectivity index (χ4v) is 7.44. The molecule has 0 radical (unpaired) electrons. The minimum Gasteiger partial charge on any atom is -0.379 e. The number of ketones is 1. The van der Waals surface area contributed by atoms with E-state index in [1.54, 1.807) is 29.8 Å². The lowest BCUT2D eigenvalue weighted by Crippen LogP contribution is -2.53. The van der Waals surface area contributed by atoms with Crippen molar-refractivity contribution >= 4 is 40.2 Å². The number of nitrogens with zero attached hydrogens (tertiary/aromatic N) is 3. The zero-order valence-electron chi connectivity index (χ0n) is 35.1. The third kappa shape index (κ3) is 13.4. The smallest absolute Gasteiger partial charge is 0.242 e. The summed E-state index contributed by atoms with van der Waals surface area (Å²) < 4.78 is 11.7. The van der Waals surface area contributed by atoms with E-state index in [1.165, 1.54) is 20.6 Å². The van der Waals surface area contributed by atoms with Gasteiger partial charge >= 0.3 is 0 Å². The third-order valence-electron chi connectivity index (χ3n) is 10.2. The Labute approximate surface area is 329 Å². The van der Waals surface area contributed by atoms with Crippen molar-refractivity contribution in [1.29, 1.82) is 0 Å².